The lowest BCUT2D eigenvalue weighted by atomic mass is 9.91. The molecule has 2 amide bonds. The Morgan fingerprint density at radius 2 is 1.69 bits per heavy atom. The molecule has 1 aliphatic heterocycles. The van der Waals surface area contributed by atoms with E-state index in [1.807, 2.05) is 31.2 Å². The summed E-state index contributed by atoms with van der Waals surface area (Å²) in [7, 11) is 0. The Morgan fingerprint density at radius 1 is 1.06 bits per heavy atom. The number of carboxylic acids is 1. The van der Waals surface area contributed by atoms with Crippen molar-refractivity contribution in [1.29, 1.82) is 0 Å². The Kier molecular flexibility index (Phi) is 6.44. The summed E-state index contributed by atoms with van der Waals surface area (Å²) in [5, 5.41) is 11.8. The third-order valence-corrected chi connectivity index (χ3v) is 6.50. The maximum absolute atomic E-state index is 12.5. The Hall–Kier alpha value is -3.35. The number of amides is 2. The maximum Gasteiger partial charge on any atom is 0.407 e. The van der Waals surface area contributed by atoms with Crippen LogP contribution in [0, 0.1) is 5.92 Å². The van der Waals surface area contributed by atoms with Crippen LogP contribution in [0.5, 0.6) is 0 Å². The van der Waals surface area contributed by atoms with E-state index in [1.165, 1.54) is 11.1 Å². The lowest BCUT2D eigenvalue weighted by Gasteiger charge is -2.36. The summed E-state index contributed by atoms with van der Waals surface area (Å²) in [5.41, 5.74) is 4.64. The molecular weight excluding hydrogens is 408 g/mol. The Balaban J connectivity index is 1.25. The van der Waals surface area contributed by atoms with Crippen LogP contribution in [0.25, 0.3) is 11.1 Å². The molecule has 1 saturated heterocycles. The normalized spacial score (nSPS) is 19.7. The van der Waals surface area contributed by atoms with E-state index in [2.05, 4.69) is 29.6 Å². The highest BCUT2D eigenvalue weighted by Crippen LogP contribution is 2.44. The molecule has 7 nitrogen and oxygen atoms in total. The van der Waals surface area contributed by atoms with Gasteiger partial charge in [-0.05, 0) is 42.0 Å². The first-order chi connectivity index (χ1) is 15.5. The van der Waals surface area contributed by atoms with Crippen molar-refractivity contribution in [2.75, 3.05) is 19.7 Å². The SMILES string of the molecule is C[C@H]1C[C@@H](C(=O)O)CCN1C(=O)CCNC(=O)OCC1c2ccccc2-c2ccccc21. The summed E-state index contributed by atoms with van der Waals surface area (Å²) in [4.78, 5) is 37.6. The van der Waals surface area contributed by atoms with Crippen molar-refractivity contribution in [3.8, 4) is 11.1 Å². The Morgan fingerprint density at radius 3 is 2.28 bits per heavy atom. The Labute approximate surface area is 187 Å². The van der Waals surface area contributed by atoms with Crippen molar-refractivity contribution >= 4 is 18.0 Å². The van der Waals surface area contributed by atoms with Crippen molar-refractivity contribution in [2.45, 2.75) is 38.1 Å². The molecule has 32 heavy (non-hydrogen) atoms. The van der Waals surface area contributed by atoms with Gasteiger partial charge in [0.1, 0.15) is 6.61 Å². The number of piperidine rings is 1. The van der Waals surface area contributed by atoms with Crippen molar-refractivity contribution in [1.82, 2.24) is 10.2 Å². The van der Waals surface area contributed by atoms with Gasteiger partial charge in [0, 0.05) is 31.5 Å². The number of nitrogens with one attached hydrogen (secondary N) is 1. The number of benzene rings is 2. The lowest BCUT2D eigenvalue weighted by Crippen LogP contribution is -2.46. The molecule has 0 saturated carbocycles. The second kappa shape index (κ2) is 9.42. The van der Waals surface area contributed by atoms with E-state index in [1.54, 1.807) is 4.90 Å². The predicted octanol–water partition coefficient (Wildman–Crippen LogP) is 3.63. The average molecular weight is 437 g/mol. The number of aliphatic carboxylic acids is 1. The molecule has 1 fully saturated rings. The van der Waals surface area contributed by atoms with Crippen LogP contribution < -0.4 is 5.32 Å². The molecule has 0 bridgehead atoms. The van der Waals surface area contributed by atoms with E-state index >= 15 is 0 Å². The van der Waals surface area contributed by atoms with Gasteiger partial charge in [0.2, 0.25) is 5.91 Å². The number of rotatable bonds is 6. The molecule has 4 rings (SSSR count). The number of hydrogen-bond donors (Lipinski definition) is 2. The first-order valence-electron chi connectivity index (χ1n) is 11.1. The number of carboxylic acid groups (broad SMARTS) is 1. The van der Waals surface area contributed by atoms with Gasteiger partial charge in [-0.3, -0.25) is 9.59 Å². The highest BCUT2D eigenvalue weighted by molar-refractivity contribution is 5.80. The van der Waals surface area contributed by atoms with E-state index in [0.29, 0.717) is 19.4 Å². The van der Waals surface area contributed by atoms with Crippen LogP contribution in [-0.2, 0) is 14.3 Å². The topological polar surface area (TPSA) is 95.9 Å². The van der Waals surface area contributed by atoms with E-state index in [0.717, 1.165) is 11.1 Å². The average Bonchev–Trinajstić information content (AvgIpc) is 3.11. The summed E-state index contributed by atoms with van der Waals surface area (Å²) >= 11 is 0. The number of alkyl carbamates (subject to hydrolysis) is 1. The van der Waals surface area contributed by atoms with Gasteiger partial charge in [-0.25, -0.2) is 4.79 Å². The summed E-state index contributed by atoms with van der Waals surface area (Å²) in [6.45, 7) is 2.71. The zero-order valence-corrected chi connectivity index (χ0v) is 18.1. The van der Waals surface area contributed by atoms with Crippen LogP contribution in [0.15, 0.2) is 48.5 Å². The van der Waals surface area contributed by atoms with E-state index < -0.39 is 18.0 Å². The smallest absolute Gasteiger partial charge is 0.407 e. The minimum Gasteiger partial charge on any atom is -0.481 e. The minimum atomic E-state index is -0.805. The summed E-state index contributed by atoms with van der Waals surface area (Å²) < 4.78 is 5.49. The molecule has 0 radical (unpaired) electrons. The molecule has 2 aromatic carbocycles. The minimum absolute atomic E-state index is 0.00818. The predicted molar refractivity (Wildman–Crippen MR) is 119 cm³/mol. The van der Waals surface area contributed by atoms with Gasteiger partial charge in [0.05, 0.1) is 5.92 Å². The van der Waals surface area contributed by atoms with Gasteiger partial charge in [-0.2, -0.15) is 0 Å². The quantitative estimate of drug-likeness (QED) is 0.721. The largest absolute Gasteiger partial charge is 0.481 e. The van der Waals surface area contributed by atoms with Crippen LogP contribution in [0.1, 0.15) is 43.2 Å². The van der Waals surface area contributed by atoms with Crippen LogP contribution in [0.3, 0.4) is 0 Å². The molecule has 2 atom stereocenters. The van der Waals surface area contributed by atoms with Crippen molar-refractivity contribution in [3.05, 3.63) is 59.7 Å². The van der Waals surface area contributed by atoms with Gasteiger partial charge in [0.25, 0.3) is 0 Å². The van der Waals surface area contributed by atoms with Crippen LogP contribution in [0.2, 0.25) is 0 Å². The number of ether oxygens (including phenoxy) is 1. The molecule has 168 valence electrons. The fourth-order valence-electron chi connectivity index (χ4n) is 4.83. The highest BCUT2D eigenvalue weighted by Gasteiger charge is 2.32. The van der Waals surface area contributed by atoms with Gasteiger partial charge in [0.15, 0.2) is 0 Å². The second-order valence-corrected chi connectivity index (χ2v) is 8.50. The fourth-order valence-corrected chi connectivity index (χ4v) is 4.83. The van der Waals surface area contributed by atoms with Crippen molar-refractivity contribution in [2.24, 2.45) is 5.92 Å². The van der Waals surface area contributed by atoms with E-state index in [-0.39, 0.29) is 37.4 Å². The van der Waals surface area contributed by atoms with Crippen LogP contribution in [0.4, 0.5) is 4.79 Å². The molecule has 0 unspecified atom stereocenters. The zero-order chi connectivity index (χ0) is 22.7. The molecule has 2 aromatic rings. The van der Waals surface area contributed by atoms with Crippen molar-refractivity contribution < 1.29 is 24.2 Å². The van der Waals surface area contributed by atoms with Gasteiger partial charge in [-0.15, -0.1) is 0 Å². The first-order valence-corrected chi connectivity index (χ1v) is 11.1. The van der Waals surface area contributed by atoms with Gasteiger partial charge >= 0.3 is 12.1 Å². The molecule has 0 spiro atoms. The first kappa shape index (κ1) is 21.9. The summed E-state index contributed by atoms with van der Waals surface area (Å²) in [6, 6.07) is 16.2. The van der Waals surface area contributed by atoms with Crippen molar-refractivity contribution in [3.63, 3.8) is 0 Å². The van der Waals surface area contributed by atoms with Gasteiger partial charge < -0.3 is 20.1 Å². The molecular formula is C25H28N2O5. The van der Waals surface area contributed by atoms with Crippen LogP contribution in [-0.4, -0.2) is 53.7 Å². The lowest BCUT2D eigenvalue weighted by molar-refractivity contribution is -0.147. The highest BCUT2D eigenvalue weighted by atomic mass is 16.5. The molecule has 0 aromatic heterocycles. The van der Waals surface area contributed by atoms with E-state index in [9.17, 15) is 14.4 Å². The molecule has 7 heteroatoms. The second-order valence-electron chi connectivity index (χ2n) is 8.50. The summed E-state index contributed by atoms with van der Waals surface area (Å²) in [6.07, 6.45) is 0.538. The fraction of sp³-hybridized carbons (Fsp3) is 0.400. The molecule has 2 aliphatic rings. The molecule has 2 N–H and O–H groups in total. The number of nitrogens with zero attached hydrogens (tertiary/aromatic N) is 1. The standard InChI is InChI=1S/C25H28N2O5/c1-16-14-17(24(29)30)11-13-27(16)23(28)10-12-26-25(31)32-15-22-20-8-4-2-6-18(20)19-7-3-5-9-21(19)22/h2-9,16-17,22H,10-15H2,1H3,(H,26,31)(H,29,30)/t16-,17-/m0/s1. The third-order valence-electron chi connectivity index (χ3n) is 6.50. The summed E-state index contributed by atoms with van der Waals surface area (Å²) in [5.74, 6) is -1.29. The molecule has 1 aliphatic carbocycles. The Bertz CT molecular complexity index is 975. The number of hydrogen-bond acceptors (Lipinski definition) is 4. The third kappa shape index (κ3) is 4.47. The zero-order valence-electron chi connectivity index (χ0n) is 18.1. The van der Waals surface area contributed by atoms with E-state index in [4.69, 9.17) is 9.84 Å². The number of fused-ring (bicyclic) bond motifs is 3. The maximum atomic E-state index is 12.5. The number of carbonyl (C=O) groups excluding carboxylic acids is 2. The molecule has 1 heterocycles. The van der Waals surface area contributed by atoms with Crippen LogP contribution >= 0.6 is 0 Å². The number of likely N-dealkylation sites (tertiary alicyclic amines) is 1. The monoisotopic (exact) mass is 436 g/mol. The number of carbonyl (C=O) groups is 3. The van der Waals surface area contributed by atoms with Gasteiger partial charge in [-0.1, -0.05) is 48.5 Å².